The molecule has 5 aromatic rings. The molecule has 1 aliphatic heterocycles. The van der Waals surface area contributed by atoms with E-state index in [1.165, 1.54) is 6.07 Å². The number of ether oxygens (including phenoxy) is 2. The molecule has 12 heteroatoms. The number of nitrogens with one attached hydrogen (secondary N) is 1. The van der Waals surface area contributed by atoms with Crippen LogP contribution in [0.2, 0.25) is 0 Å². The van der Waals surface area contributed by atoms with Gasteiger partial charge in [-0.15, -0.1) is 10.2 Å². The zero-order valence-electron chi connectivity index (χ0n) is 23.4. The number of aryl methyl sites for hydroxylation is 1. The number of piperidine rings is 1. The summed E-state index contributed by atoms with van der Waals surface area (Å²) in [5.74, 6) is 2.47. The standard InChI is InChI=1S/C30H30FN9O2/c1-3-41-26-15-22(30-35-37-38-36-30)14-25-29(26)34-27(39(25)2)17-40-11-9-20(10-12-40)24-5-4-6-28(33-24)42-18-21-8-7-19(16-32)13-23(21)31/h4-8,13-15,20H,3,9-12,17-18H2,1-2H3,(H,35,36,37,38). The normalized spacial score (nSPS) is 14.2. The summed E-state index contributed by atoms with van der Waals surface area (Å²) in [6.07, 6.45) is 1.91. The van der Waals surface area contributed by atoms with Crippen LogP contribution in [0, 0.1) is 17.1 Å². The predicted molar refractivity (Wildman–Crippen MR) is 152 cm³/mol. The van der Waals surface area contributed by atoms with Crippen LogP contribution in [-0.2, 0) is 20.2 Å². The highest BCUT2D eigenvalue weighted by Crippen LogP contribution is 2.33. The summed E-state index contributed by atoms with van der Waals surface area (Å²) in [7, 11) is 2.02. The number of halogens is 1. The Morgan fingerprint density at radius 1 is 1.10 bits per heavy atom. The van der Waals surface area contributed by atoms with E-state index in [-0.39, 0.29) is 12.2 Å². The number of hydrogen-bond donors (Lipinski definition) is 1. The summed E-state index contributed by atoms with van der Waals surface area (Å²) in [5, 5.41) is 23.4. The van der Waals surface area contributed by atoms with Crippen molar-refractivity contribution in [1.29, 1.82) is 5.26 Å². The van der Waals surface area contributed by atoms with Crippen molar-refractivity contribution in [2.75, 3.05) is 19.7 Å². The zero-order chi connectivity index (χ0) is 29.1. The van der Waals surface area contributed by atoms with E-state index >= 15 is 0 Å². The SMILES string of the molecule is CCOc1cc(-c2nn[nH]n2)cc2c1nc(CN1CCC(c3cccc(OCc4ccc(C#N)cc4F)n3)CC1)n2C. The lowest BCUT2D eigenvalue weighted by atomic mass is 9.93. The number of aromatic amines is 1. The number of benzene rings is 2. The topological polar surface area (TPSA) is 131 Å². The summed E-state index contributed by atoms with van der Waals surface area (Å²) in [4.78, 5) is 12.1. The van der Waals surface area contributed by atoms with Crippen molar-refractivity contribution >= 4 is 11.0 Å². The van der Waals surface area contributed by atoms with Gasteiger partial charge in [-0.1, -0.05) is 12.1 Å². The Labute approximate surface area is 241 Å². The molecule has 0 atom stereocenters. The first-order valence-electron chi connectivity index (χ1n) is 13.9. The predicted octanol–water partition coefficient (Wildman–Crippen LogP) is 4.52. The zero-order valence-corrected chi connectivity index (χ0v) is 23.4. The number of H-pyrrole nitrogens is 1. The van der Waals surface area contributed by atoms with Gasteiger partial charge >= 0.3 is 0 Å². The van der Waals surface area contributed by atoms with E-state index < -0.39 is 5.82 Å². The van der Waals surface area contributed by atoms with E-state index in [4.69, 9.17) is 24.7 Å². The van der Waals surface area contributed by atoms with Gasteiger partial charge in [0, 0.05) is 35.9 Å². The van der Waals surface area contributed by atoms with Crippen LogP contribution >= 0.6 is 0 Å². The summed E-state index contributed by atoms with van der Waals surface area (Å²) >= 11 is 0. The van der Waals surface area contributed by atoms with Crippen LogP contribution < -0.4 is 9.47 Å². The average Bonchev–Trinajstić information content (AvgIpc) is 3.66. The first-order valence-corrected chi connectivity index (χ1v) is 13.9. The molecule has 0 amide bonds. The minimum absolute atomic E-state index is 0.0477. The van der Waals surface area contributed by atoms with Crippen LogP contribution in [0.1, 0.15) is 48.3 Å². The highest BCUT2D eigenvalue weighted by Gasteiger charge is 2.24. The lowest BCUT2D eigenvalue weighted by Crippen LogP contribution is -2.33. The van der Waals surface area contributed by atoms with Gasteiger partial charge in [0.15, 0.2) is 0 Å². The molecule has 3 aromatic heterocycles. The lowest BCUT2D eigenvalue weighted by molar-refractivity contribution is 0.197. The summed E-state index contributed by atoms with van der Waals surface area (Å²) in [6.45, 7) is 5.05. The second kappa shape index (κ2) is 11.9. The molecule has 1 saturated heterocycles. The fraction of sp³-hybridized carbons (Fsp3) is 0.333. The molecule has 1 N–H and O–H groups in total. The van der Waals surface area contributed by atoms with Gasteiger partial charge in [0.2, 0.25) is 11.7 Å². The number of nitrogens with zero attached hydrogens (tertiary/aromatic N) is 8. The maximum Gasteiger partial charge on any atom is 0.213 e. The minimum atomic E-state index is -0.459. The number of fused-ring (bicyclic) bond motifs is 1. The van der Waals surface area contributed by atoms with Gasteiger partial charge in [-0.25, -0.2) is 14.4 Å². The molecule has 0 radical (unpaired) electrons. The van der Waals surface area contributed by atoms with E-state index in [9.17, 15) is 4.39 Å². The summed E-state index contributed by atoms with van der Waals surface area (Å²) in [5.41, 5.74) is 4.23. The number of hydrogen-bond acceptors (Lipinski definition) is 9. The number of imidazole rings is 1. The fourth-order valence-electron chi connectivity index (χ4n) is 5.34. The van der Waals surface area contributed by atoms with Crippen molar-refractivity contribution in [3.63, 3.8) is 0 Å². The molecule has 214 valence electrons. The molecule has 0 bridgehead atoms. The second-order valence-corrected chi connectivity index (χ2v) is 10.3. The molecule has 1 fully saturated rings. The number of aromatic nitrogens is 7. The highest BCUT2D eigenvalue weighted by molar-refractivity contribution is 5.87. The Kier molecular flexibility index (Phi) is 7.74. The van der Waals surface area contributed by atoms with E-state index in [2.05, 4.69) is 30.1 Å². The molecule has 0 spiro atoms. The smallest absolute Gasteiger partial charge is 0.213 e. The number of nitriles is 1. The third-order valence-electron chi connectivity index (χ3n) is 7.62. The van der Waals surface area contributed by atoms with Crippen molar-refractivity contribution in [3.8, 4) is 29.1 Å². The van der Waals surface area contributed by atoms with Gasteiger partial charge in [-0.3, -0.25) is 4.90 Å². The highest BCUT2D eigenvalue weighted by atomic mass is 19.1. The van der Waals surface area contributed by atoms with Gasteiger partial charge in [-0.05, 0) is 68.4 Å². The Morgan fingerprint density at radius 2 is 1.95 bits per heavy atom. The van der Waals surface area contributed by atoms with Crippen LogP contribution in [-0.4, -0.2) is 59.8 Å². The molecule has 0 unspecified atom stereocenters. The first kappa shape index (κ1) is 27.3. The van der Waals surface area contributed by atoms with Crippen LogP contribution in [0.25, 0.3) is 22.4 Å². The summed E-state index contributed by atoms with van der Waals surface area (Å²) in [6, 6.07) is 16.0. The Morgan fingerprint density at radius 3 is 2.69 bits per heavy atom. The van der Waals surface area contributed by atoms with Gasteiger partial charge < -0.3 is 14.0 Å². The van der Waals surface area contributed by atoms with Gasteiger partial charge in [-0.2, -0.15) is 10.5 Å². The van der Waals surface area contributed by atoms with Crippen molar-refractivity contribution in [2.45, 2.75) is 38.8 Å². The Balaban J connectivity index is 1.11. The van der Waals surface area contributed by atoms with Crippen molar-refractivity contribution < 1.29 is 13.9 Å². The van der Waals surface area contributed by atoms with Gasteiger partial charge in [0.25, 0.3) is 0 Å². The van der Waals surface area contributed by atoms with Crippen molar-refractivity contribution in [1.82, 2.24) is 40.1 Å². The molecule has 1 aliphatic rings. The minimum Gasteiger partial charge on any atom is -0.492 e. The Hall–Kier alpha value is -4.89. The molecule has 0 saturated carbocycles. The average molecular weight is 568 g/mol. The van der Waals surface area contributed by atoms with Crippen molar-refractivity contribution in [3.05, 3.63) is 77.0 Å². The number of likely N-dealkylation sites (tertiary alicyclic amines) is 1. The van der Waals surface area contributed by atoms with Crippen molar-refractivity contribution in [2.24, 2.45) is 7.05 Å². The maximum absolute atomic E-state index is 14.2. The molecule has 6 rings (SSSR count). The Bertz CT molecular complexity index is 1740. The van der Waals surface area contributed by atoms with E-state index in [0.717, 1.165) is 54.0 Å². The number of rotatable bonds is 9. The van der Waals surface area contributed by atoms with E-state index in [1.54, 1.807) is 18.2 Å². The third-order valence-corrected chi connectivity index (χ3v) is 7.62. The lowest BCUT2D eigenvalue weighted by Gasteiger charge is -2.31. The maximum atomic E-state index is 14.2. The van der Waals surface area contributed by atoms with Crippen LogP contribution in [0.5, 0.6) is 11.6 Å². The molecular formula is C30H30FN9O2. The molecule has 11 nitrogen and oxygen atoms in total. The molecule has 42 heavy (non-hydrogen) atoms. The molecular weight excluding hydrogens is 537 g/mol. The summed E-state index contributed by atoms with van der Waals surface area (Å²) < 4.78 is 28.1. The third kappa shape index (κ3) is 5.64. The van der Waals surface area contributed by atoms with E-state index in [1.807, 2.05) is 44.3 Å². The molecule has 2 aromatic carbocycles. The second-order valence-electron chi connectivity index (χ2n) is 10.3. The monoisotopic (exact) mass is 567 g/mol. The first-order chi connectivity index (χ1) is 20.5. The van der Waals surface area contributed by atoms with Gasteiger partial charge in [0.1, 0.15) is 29.5 Å². The number of tetrazole rings is 1. The molecule has 4 heterocycles. The quantitative estimate of drug-likeness (QED) is 0.273. The molecule has 0 aliphatic carbocycles. The number of pyridine rings is 1. The van der Waals surface area contributed by atoms with Crippen LogP contribution in [0.15, 0.2) is 48.5 Å². The largest absolute Gasteiger partial charge is 0.492 e. The van der Waals surface area contributed by atoms with E-state index in [0.29, 0.717) is 42.1 Å². The van der Waals surface area contributed by atoms with Crippen LogP contribution in [0.4, 0.5) is 4.39 Å². The van der Waals surface area contributed by atoms with Gasteiger partial charge in [0.05, 0.1) is 30.3 Å². The fourth-order valence-corrected chi connectivity index (χ4v) is 5.34. The van der Waals surface area contributed by atoms with Crippen LogP contribution in [0.3, 0.4) is 0 Å².